The van der Waals surface area contributed by atoms with Crippen LogP contribution in [0, 0.1) is 16.6 Å². The predicted octanol–water partition coefficient (Wildman–Crippen LogP) is 1.65. The fourth-order valence-corrected chi connectivity index (χ4v) is 4.78. The molecule has 2 atom stereocenters. The van der Waals surface area contributed by atoms with E-state index in [4.69, 9.17) is 16.3 Å². The molecule has 11 nitrogen and oxygen atoms in total. The van der Waals surface area contributed by atoms with Crippen molar-refractivity contribution in [1.82, 2.24) is 20.5 Å². The Kier molecular flexibility index (Phi) is 7.26. The maximum Gasteiger partial charge on any atom is 0.411 e. The standard InChI is InChI=1S/C21H20ClF4N5O6/c22-13-3-11(4-27-20(35)37-8-10-5-29(31(36)6-10)9-21(24,25)26)17(23)16-12(13)7-30(19(16)34)14-1-2-15(32)28-18(14)33/h3,10,14H,1-2,4-9H2,(H-,27,28,32,33,35)/p+1. The molecule has 2 saturated heterocycles. The molecule has 3 heterocycles. The molecule has 37 heavy (non-hydrogen) atoms. The Morgan fingerprint density at radius 1 is 1.30 bits per heavy atom. The average molecular weight is 551 g/mol. The second-order valence-corrected chi connectivity index (χ2v) is 9.31. The number of hydrogen-bond acceptors (Lipinski definition) is 6. The Balaban J connectivity index is 1.34. The van der Waals surface area contributed by atoms with Gasteiger partial charge in [-0.1, -0.05) is 11.6 Å². The number of alkyl carbamates (subject to hydrolysis) is 1. The van der Waals surface area contributed by atoms with E-state index < -0.39 is 60.9 Å². The molecule has 2 unspecified atom stereocenters. The lowest BCUT2D eigenvalue weighted by Crippen LogP contribution is -2.52. The highest BCUT2D eigenvalue weighted by Crippen LogP contribution is 2.35. The number of nitrogens with one attached hydrogen (secondary N) is 2. The van der Waals surface area contributed by atoms with Gasteiger partial charge < -0.3 is 15.0 Å². The first-order chi connectivity index (χ1) is 17.3. The molecule has 1 aromatic rings. The maximum atomic E-state index is 15.2. The second-order valence-electron chi connectivity index (χ2n) is 8.90. The molecule has 2 fully saturated rings. The predicted molar refractivity (Wildman–Crippen MR) is 115 cm³/mol. The van der Waals surface area contributed by atoms with Crippen LogP contribution in [-0.2, 0) is 27.4 Å². The monoisotopic (exact) mass is 550 g/mol. The molecule has 0 aromatic heterocycles. The number of hydrazine groups is 1. The van der Waals surface area contributed by atoms with Crippen molar-refractivity contribution in [2.45, 2.75) is 38.1 Å². The van der Waals surface area contributed by atoms with Gasteiger partial charge in [-0.05, 0) is 12.5 Å². The van der Waals surface area contributed by atoms with Gasteiger partial charge in [-0.15, -0.1) is 5.01 Å². The molecule has 16 heteroatoms. The van der Waals surface area contributed by atoms with Crippen LogP contribution in [0.1, 0.15) is 34.3 Å². The number of halogens is 5. The number of piperidine rings is 1. The van der Waals surface area contributed by atoms with Crippen molar-refractivity contribution in [2.24, 2.45) is 5.92 Å². The van der Waals surface area contributed by atoms with Crippen LogP contribution in [-0.4, -0.2) is 77.1 Å². The van der Waals surface area contributed by atoms with Gasteiger partial charge in [0.05, 0.1) is 22.9 Å². The Bertz CT molecular complexity index is 1180. The molecule has 2 N–H and O–H groups in total. The molecule has 4 amide bonds. The van der Waals surface area contributed by atoms with E-state index in [-0.39, 0.29) is 65.7 Å². The number of nitroso groups, excluding NO2 is 1. The van der Waals surface area contributed by atoms with Crippen LogP contribution < -0.4 is 10.6 Å². The number of carbonyl (C=O) groups is 4. The van der Waals surface area contributed by atoms with E-state index in [2.05, 4.69) is 10.6 Å². The number of amides is 4. The van der Waals surface area contributed by atoms with Crippen molar-refractivity contribution < 1.29 is 46.3 Å². The third-order valence-electron chi connectivity index (χ3n) is 6.22. The second kappa shape index (κ2) is 10.1. The number of fused-ring (bicyclic) bond motifs is 1. The van der Waals surface area contributed by atoms with Crippen molar-refractivity contribution in [2.75, 3.05) is 26.2 Å². The molecule has 3 aliphatic rings. The van der Waals surface area contributed by atoms with Gasteiger partial charge in [-0.2, -0.15) is 13.2 Å². The Labute approximate surface area is 211 Å². The summed E-state index contributed by atoms with van der Waals surface area (Å²) in [5.74, 6) is -3.51. The Morgan fingerprint density at radius 2 is 2.03 bits per heavy atom. The van der Waals surface area contributed by atoms with Crippen molar-refractivity contribution in [3.63, 3.8) is 0 Å². The van der Waals surface area contributed by atoms with Gasteiger partial charge in [0.2, 0.25) is 18.4 Å². The van der Waals surface area contributed by atoms with Gasteiger partial charge in [0.25, 0.3) is 5.91 Å². The zero-order valence-electron chi connectivity index (χ0n) is 19.1. The number of ether oxygens (including phenoxy) is 1. The Hall–Kier alpha value is -3.49. The van der Waals surface area contributed by atoms with Gasteiger partial charge in [-0.3, -0.25) is 19.7 Å². The zero-order valence-corrected chi connectivity index (χ0v) is 19.8. The first kappa shape index (κ1) is 26.6. The minimum Gasteiger partial charge on any atom is -0.449 e. The molecule has 3 aliphatic heterocycles. The fourth-order valence-electron chi connectivity index (χ4n) is 4.49. The molecule has 0 aliphatic carbocycles. The molecule has 0 bridgehead atoms. The van der Waals surface area contributed by atoms with Crippen molar-refractivity contribution in [1.29, 1.82) is 0 Å². The number of nitrogens with zero attached hydrogens (tertiary/aromatic N) is 3. The van der Waals surface area contributed by atoms with Crippen LogP contribution in [0.2, 0.25) is 5.02 Å². The summed E-state index contributed by atoms with van der Waals surface area (Å²) >= 11 is 6.25. The lowest BCUT2D eigenvalue weighted by Gasteiger charge is -2.29. The largest absolute Gasteiger partial charge is 0.449 e. The number of carbonyl (C=O) groups excluding carboxylic acids is 4. The van der Waals surface area contributed by atoms with E-state index in [0.29, 0.717) is 5.01 Å². The minimum atomic E-state index is -4.56. The Morgan fingerprint density at radius 3 is 2.70 bits per heavy atom. The van der Waals surface area contributed by atoms with Gasteiger partial charge in [0, 0.05) is 35.7 Å². The van der Waals surface area contributed by atoms with Crippen LogP contribution in [0.3, 0.4) is 0 Å². The van der Waals surface area contributed by atoms with Crippen molar-refractivity contribution in [3.05, 3.63) is 38.5 Å². The van der Waals surface area contributed by atoms with Crippen molar-refractivity contribution in [3.8, 4) is 0 Å². The van der Waals surface area contributed by atoms with E-state index in [0.717, 1.165) is 4.90 Å². The summed E-state index contributed by atoms with van der Waals surface area (Å²) in [7, 11) is 0. The molecule has 0 spiro atoms. The number of alkyl halides is 3. The first-order valence-corrected chi connectivity index (χ1v) is 11.5. The molecular weight excluding hydrogens is 530 g/mol. The minimum absolute atomic E-state index is 0.0259. The van der Waals surface area contributed by atoms with E-state index in [1.54, 1.807) is 0 Å². The summed E-state index contributed by atoms with van der Waals surface area (Å²) in [6, 6.07) is 0.260. The summed E-state index contributed by atoms with van der Waals surface area (Å²) in [5, 5.41) is 5.01. The van der Waals surface area contributed by atoms with Gasteiger partial charge >= 0.3 is 12.3 Å². The van der Waals surface area contributed by atoms with Crippen LogP contribution in [0.5, 0.6) is 0 Å². The summed E-state index contributed by atoms with van der Waals surface area (Å²) in [6.45, 7) is -2.86. The highest BCUT2D eigenvalue weighted by atomic mass is 35.5. The molecule has 4 rings (SSSR count). The van der Waals surface area contributed by atoms with Crippen LogP contribution in [0.15, 0.2) is 6.07 Å². The summed E-state index contributed by atoms with van der Waals surface area (Å²) in [4.78, 5) is 61.5. The average Bonchev–Trinajstić information content (AvgIpc) is 3.32. The normalized spacial score (nSPS) is 21.9. The number of rotatable bonds is 6. The van der Waals surface area contributed by atoms with Crippen LogP contribution in [0.25, 0.3) is 0 Å². The first-order valence-electron chi connectivity index (χ1n) is 11.2. The third kappa shape index (κ3) is 5.76. The highest BCUT2D eigenvalue weighted by Gasteiger charge is 2.45. The summed E-state index contributed by atoms with van der Waals surface area (Å²) < 4.78 is 57.7. The lowest BCUT2D eigenvalue weighted by atomic mass is 10.0. The van der Waals surface area contributed by atoms with E-state index in [1.807, 2.05) is 0 Å². The summed E-state index contributed by atoms with van der Waals surface area (Å²) in [6.07, 6.45) is -5.46. The number of hydrogen-bond donors (Lipinski definition) is 2. The molecule has 200 valence electrons. The highest BCUT2D eigenvalue weighted by molar-refractivity contribution is 6.32. The fraction of sp³-hybridized carbons (Fsp3) is 0.524. The van der Waals surface area contributed by atoms with E-state index >= 15 is 4.39 Å². The molecule has 1 aromatic carbocycles. The van der Waals surface area contributed by atoms with Crippen molar-refractivity contribution >= 4 is 35.4 Å². The summed E-state index contributed by atoms with van der Waals surface area (Å²) in [5.41, 5.74) is -0.303. The van der Waals surface area contributed by atoms with E-state index in [9.17, 15) is 37.3 Å². The van der Waals surface area contributed by atoms with Gasteiger partial charge in [0.15, 0.2) is 6.54 Å². The smallest absolute Gasteiger partial charge is 0.411 e. The quantitative estimate of drug-likeness (QED) is 0.313. The third-order valence-corrected chi connectivity index (χ3v) is 6.55. The molecule has 0 radical (unpaired) electrons. The molecule has 0 saturated carbocycles. The SMILES string of the molecule is O=C1CCC(N2Cc3c(Cl)cc(CNC(=O)OCC4CN(CC(F)(F)F)[N+](=O)C4)c(F)c3C2=O)C(=O)N1. The van der Waals surface area contributed by atoms with E-state index in [1.165, 1.54) is 6.07 Å². The zero-order chi connectivity index (χ0) is 27.1. The number of imide groups is 1. The van der Waals surface area contributed by atoms with Crippen LogP contribution in [0.4, 0.5) is 22.4 Å². The number of benzene rings is 1. The van der Waals surface area contributed by atoms with Gasteiger partial charge in [-0.25, -0.2) is 9.18 Å². The maximum absolute atomic E-state index is 15.2. The lowest BCUT2D eigenvalue weighted by molar-refractivity contribution is -0.690. The van der Waals surface area contributed by atoms with Gasteiger partial charge in [0.1, 0.15) is 23.3 Å². The van der Waals surface area contributed by atoms with Crippen LogP contribution >= 0.6 is 11.6 Å². The topological polar surface area (TPSA) is 128 Å². The molecular formula is C21H21ClF4N5O6+.